The molecule has 0 fully saturated rings. The molecule has 0 aliphatic heterocycles. The second kappa shape index (κ2) is 5.13. The lowest BCUT2D eigenvalue weighted by atomic mass is 10.1. The van der Waals surface area contributed by atoms with Crippen molar-refractivity contribution in [3.05, 3.63) is 52.7 Å². The average Bonchev–Trinajstić information content (AvgIpc) is 2.39. The summed E-state index contributed by atoms with van der Waals surface area (Å²) in [6.45, 7) is 0. The highest BCUT2D eigenvalue weighted by Gasteiger charge is 2.15. The maximum Gasteiger partial charge on any atom is 0.410 e. The number of pyridine rings is 1. The van der Waals surface area contributed by atoms with Gasteiger partial charge < -0.3 is 5.11 Å². The molecule has 0 aliphatic carbocycles. The van der Waals surface area contributed by atoms with E-state index < -0.39 is 11.0 Å². The van der Waals surface area contributed by atoms with E-state index in [1.807, 2.05) is 0 Å². The molecule has 0 saturated heterocycles. The lowest BCUT2D eigenvalue weighted by Crippen LogP contribution is -2.10. The molecular formula is C12H9N3O4. The number of nitro groups is 1. The van der Waals surface area contributed by atoms with Crippen LogP contribution in [0.4, 0.5) is 16.3 Å². The van der Waals surface area contributed by atoms with Gasteiger partial charge in [-0.1, -0.05) is 30.3 Å². The van der Waals surface area contributed by atoms with E-state index in [4.69, 9.17) is 5.11 Å². The predicted molar refractivity (Wildman–Crippen MR) is 68.0 cm³/mol. The summed E-state index contributed by atoms with van der Waals surface area (Å²) in [5, 5.41) is 21.6. The summed E-state index contributed by atoms with van der Waals surface area (Å²) in [4.78, 5) is 24.6. The molecule has 1 amide bonds. The summed E-state index contributed by atoms with van der Waals surface area (Å²) in [7, 11) is 0. The number of carbonyl (C=O) groups is 1. The topological polar surface area (TPSA) is 105 Å². The molecule has 0 spiro atoms. The molecule has 19 heavy (non-hydrogen) atoms. The first-order valence-electron chi connectivity index (χ1n) is 5.28. The molecule has 96 valence electrons. The highest BCUT2D eigenvalue weighted by atomic mass is 16.6. The monoisotopic (exact) mass is 259 g/mol. The van der Waals surface area contributed by atoms with Crippen molar-refractivity contribution in [2.24, 2.45) is 0 Å². The molecule has 1 aromatic carbocycles. The second-order valence-corrected chi connectivity index (χ2v) is 3.64. The third-order valence-electron chi connectivity index (χ3n) is 2.39. The Balaban J connectivity index is 2.56. The van der Waals surface area contributed by atoms with Gasteiger partial charge in [0.25, 0.3) is 5.69 Å². The van der Waals surface area contributed by atoms with Gasteiger partial charge in [0.1, 0.15) is 12.0 Å². The van der Waals surface area contributed by atoms with Crippen molar-refractivity contribution >= 4 is 17.6 Å². The van der Waals surface area contributed by atoms with Crippen LogP contribution in [0, 0.1) is 10.1 Å². The van der Waals surface area contributed by atoms with Crippen LogP contribution >= 0.6 is 0 Å². The molecule has 0 saturated carbocycles. The van der Waals surface area contributed by atoms with Crippen LogP contribution in [0.15, 0.2) is 42.6 Å². The van der Waals surface area contributed by atoms with Gasteiger partial charge in [-0.3, -0.25) is 15.4 Å². The van der Waals surface area contributed by atoms with Gasteiger partial charge in [-0.2, -0.15) is 0 Å². The number of benzene rings is 1. The molecule has 0 bridgehead atoms. The normalized spacial score (nSPS) is 9.89. The molecule has 1 aromatic heterocycles. The molecule has 1 heterocycles. The van der Waals surface area contributed by atoms with Gasteiger partial charge in [0.05, 0.1) is 4.92 Å². The molecule has 2 rings (SSSR count). The summed E-state index contributed by atoms with van der Waals surface area (Å²) in [6, 6.07) is 10.0. The van der Waals surface area contributed by atoms with Gasteiger partial charge in [0.15, 0.2) is 0 Å². The van der Waals surface area contributed by atoms with Crippen molar-refractivity contribution in [1.82, 2.24) is 4.98 Å². The summed E-state index contributed by atoms with van der Waals surface area (Å²) in [5.74, 6) is 0.0595. The fourth-order valence-corrected chi connectivity index (χ4v) is 1.59. The average molecular weight is 259 g/mol. The zero-order chi connectivity index (χ0) is 13.8. The van der Waals surface area contributed by atoms with E-state index >= 15 is 0 Å². The maximum atomic E-state index is 10.7. The van der Waals surface area contributed by atoms with Gasteiger partial charge in [0, 0.05) is 11.6 Å². The number of hydrogen-bond acceptors (Lipinski definition) is 4. The smallest absolute Gasteiger partial charge is 0.410 e. The first kappa shape index (κ1) is 12.5. The molecular weight excluding hydrogens is 250 g/mol. The summed E-state index contributed by atoms with van der Waals surface area (Å²) < 4.78 is 0. The van der Waals surface area contributed by atoms with E-state index in [1.165, 1.54) is 6.07 Å². The Bertz CT molecular complexity index is 628. The number of carboxylic acid groups (broad SMARTS) is 1. The van der Waals surface area contributed by atoms with Crippen molar-refractivity contribution in [2.45, 2.75) is 0 Å². The summed E-state index contributed by atoms with van der Waals surface area (Å²) in [6.07, 6.45) is -0.268. The van der Waals surface area contributed by atoms with Crippen LogP contribution in [0.3, 0.4) is 0 Å². The van der Waals surface area contributed by atoms with Gasteiger partial charge in [-0.15, -0.1) is 0 Å². The van der Waals surface area contributed by atoms with Crippen LogP contribution in [0.1, 0.15) is 0 Å². The van der Waals surface area contributed by atoms with Crippen LogP contribution in [-0.4, -0.2) is 21.1 Å². The Morgan fingerprint density at radius 1 is 1.32 bits per heavy atom. The molecule has 7 heteroatoms. The Labute approximate surface area is 107 Å². The zero-order valence-corrected chi connectivity index (χ0v) is 9.61. The lowest BCUT2D eigenvalue weighted by Gasteiger charge is -2.07. The zero-order valence-electron chi connectivity index (χ0n) is 9.61. The SMILES string of the molecule is O=C(O)Nc1ncc([N+](=O)[O-])cc1-c1ccccc1. The van der Waals surface area contributed by atoms with Gasteiger partial charge in [-0.05, 0) is 5.56 Å². The summed E-state index contributed by atoms with van der Waals surface area (Å²) in [5.41, 5.74) is 0.800. The molecule has 0 atom stereocenters. The molecule has 2 aromatic rings. The largest absolute Gasteiger partial charge is 0.465 e. The fraction of sp³-hybridized carbons (Fsp3) is 0. The van der Waals surface area contributed by atoms with Crippen LogP contribution in [-0.2, 0) is 0 Å². The Kier molecular flexibility index (Phi) is 3.37. The number of aromatic nitrogens is 1. The van der Waals surface area contributed by atoms with Crippen molar-refractivity contribution in [1.29, 1.82) is 0 Å². The second-order valence-electron chi connectivity index (χ2n) is 3.64. The van der Waals surface area contributed by atoms with Gasteiger partial charge >= 0.3 is 6.09 Å². The first-order chi connectivity index (χ1) is 9.08. The number of nitrogens with one attached hydrogen (secondary N) is 1. The Morgan fingerprint density at radius 2 is 2.00 bits per heavy atom. The molecule has 0 aliphatic rings. The highest BCUT2D eigenvalue weighted by Crippen LogP contribution is 2.29. The van der Waals surface area contributed by atoms with Gasteiger partial charge in [0.2, 0.25) is 0 Å². The number of nitrogens with zero attached hydrogens (tertiary/aromatic N) is 2. The van der Waals surface area contributed by atoms with E-state index in [0.29, 0.717) is 11.1 Å². The molecule has 2 N–H and O–H groups in total. The minimum absolute atomic E-state index is 0.0595. The third kappa shape index (κ3) is 2.83. The van der Waals surface area contributed by atoms with Gasteiger partial charge in [-0.25, -0.2) is 9.78 Å². The van der Waals surface area contributed by atoms with Crippen LogP contribution in [0.5, 0.6) is 0 Å². The number of anilines is 1. The van der Waals surface area contributed by atoms with Crippen molar-refractivity contribution < 1.29 is 14.8 Å². The van der Waals surface area contributed by atoms with E-state index in [-0.39, 0.29) is 11.5 Å². The van der Waals surface area contributed by atoms with Crippen LogP contribution in [0.25, 0.3) is 11.1 Å². The standard InChI is InChI=1S/C12H9N3O4/c16-12(17)14-11-10(8-4-2-1-3-5-8)6-9(7-13-11)15(18)19/h1-7H,(H,13,14)(H,16,17). The lowest BCUT2D eigenvalue weighted by molar-refractivity contribution is -0.385. The number of hydrogen-bond donors (Lipinski definition) is 2. The van der Waals surface area contributed by atoms with E-state index in [0.717, 1.165) is 6.20 Å². The predicted octanol–water partition coefficient (Wildman–Crippen LogP) is 2.75. The van der Waals surface area contributed by atoms with E-state index in [9.17, 15) is 14.9 Å². The maximum absolute atomic E-state index is 10.7. The summed E-state index contributed by atoms with van der Waals surface area (Å²) >= 11 is 0. The van der Waals surface area contributed by atoms with Crippen LogP contribution in [0.2, 0.25) is 0 Å². The molecule has 0 radical (unpaired) electrons. The Hall–Kier alpha value is -2.96. The molecule has 0 unspecified atom stereocenters. The number of rotatable bonds is 3. The first-order valence-corrected chi connectivity index (χ1v) is 5.28. The minimum atomic E-state index is -1.28. The third-order valence-corrected chi connectivity index (χ3v) is 2.39. The minimum Gasteiger partial charge on any atom is -0.465 e. The highest BCUT2D eigenvalue weighted by molar-refractivity contribution is 5.89. The quantitative estimate of drug-likeness (QED) is 0.651. The molecule has 7 nitrogen and oxygen atoms in total. The van der Waals surface area contributed by atoms with E-state index in [1.54, 1.807) is 30.3 Å². The van der Waals surface area contributed by atoms with E-state index in [2.05, 4.69) is 10.3 Å². The van der Waals surface area contributed by atoms with Crippen molar-refractivity contribution in [3.63, 3.8) is 0 Å². The fourth-order valence-electron chi connectivity index (χ4n) is 1.59. The number of amides is 1. The Morgan fingerprint density at radius 3 is 2.58 bits per heavy atom. The van der Waals surface area contributed by atoms with Crippen molar-refractivity contribution in [2.75, 3.05) is 5.32 Å². The van der Waals surface area contributed by atoms with Crippen LogP contribution < -0.4 is 5.32 Å². The van der Waals surface area contributed by atoms with Crippen molar-refractivity contribution in [3.8, 4) is 11.1 Å².